The Labute approximate surface area is 113 Å². The predicted molar refractivity (Wildman–Crippen MR) is 76.6 cm³/mol. The highest BCUT2D eigenvalue weighted by Crippen LogP contribution is 2.06. The average molecular weight is 265 g/mol. The van der Waals surface area contributed by atoms with E-state index in [2.05, 4.69) is 10.3 Å². The van der Waals surface area contributed by atoms with E-state index in [1.54, 1.807) is 23.4 Å². The standard InChI is InChI=1S/C13H19N3OS/c1-9(2)16(10(3)4)13(17)15-12(18)11-6-5-7-14-8-11/h5-10H,1-4H3,(H,15,17,18). The Morgan fingerprint density at radius 2 is 1.94 bits per heavy atom. The number of rotatable bonds is 3. The first-order valence-corrected chi connectivity index (χ1v) is 6.38. The van der Waals surface area contributed by atoms with Crippen LogP contribution >= 0.6 is 12.2 Å². The monoisotopic (exact) mass is 265 g/mol. The van der Waals surface area contributed by atoms with Crippen molar-refractivity contribution in [2.75, 3.05) is 0 Å². The maximum atomic E-state index is 12.1. The van der Waals surface area contributed by atoms with Crippen molar-refractivity contribution in [3.63, 3.8) is 0 Å². The molecule has 0 atom stereocenters. The second-order valence-electron chi connectivity index (χ2n) is 4.60. The number of hydrogen-bond donors (Lipinski definition) is 1. The Morgan fingerprint density at radius 1 is 1.33 bits per heavy atom. The Kier molecular flexibility index (Phi) is 5.22. The van der Waals surface area contributed by atoms with Gasteiger partial charge >= 0.3 is 6.03 Å². The van der Waals surface area contributed by atoms with Crippen molar-refractivity contribution >= 4 is 23.2 Å². The molecule has 1 aromatic heterocycles. The molecule has 0 aromatic carbocycles. The summed E-state index contributed by atoms with van der Waals surface area (Å²) in [5.74, 6) is 0. The van der Waals surface area contributed by atoms with E-state index >= 15 is 0 Å². The second-order valence-corrected chi connectivity index (χ2v) is 5.00. The van der Waals surface area contributed by atoms with Gasteiger partial charge in [-0.3, -0.25) is 10.3 Å². The molecule has 18 heavy (non-hydrogen) atoms. The molecule has 1 rings (SSSR count). The summed E-state index contributed by atoms with van der Waals surface area (Å²) in [6.45, 7) is 7.92. The molecule has 0 saturated carbocycles. The number of carbonyl (C=O) groups excluding carboxylic acids is 1. The van der Waals surface area contributed by atoms with E-state index in [4.69, 9.17) is 12.2 Å². The summed E-state index contributed by atoms with van der Waals surface area (Å²) in [5.41, 5.74) is 0.744. The van der Waals surface area contributed by atoms with Gasteiger partial charge in [-0.1, -0.05) is 12.2 Å². The van der Waals surface area contributed by atoms with E-state index in [0.717, 1.165) is 5.56 Å². The minimum Gasteiger partial charge on any atom is -0.320 e. The van der Waals surface area contributed by atoms with Crippen LogP contribution in [0.3, 0.4) is 0 Å². The molecule has 0 spiro atoms. The smallest absolute Gasteiger partial charge is 0.320 e. The molecular formula is C13H19N3OS. The normalized spacial score (nSPS) is 10.6. The number of nitrogens with zero attached hydrogens (tertiary/aromatic N) is 2. The van der Waals surface area contributed by atoms with Gasteiger partial charge in [-0.05, 0) is 39.8 Å². The third kappa shape index (κ3) is 3.77. The fourth-order valence-electron chi connectivity index (χ4n) is 1.80. The van der Waals surface area contributed by atoms with Crippen LogP contribution in [0.15, 0.2) is 24.5 Å². The number of thiocarbonyl (C=S) groups is 1. The molecule has 0 radical (unpaired) electrons. The fraction of sp³-hybridized carbons (Fsp3) is 0.462. The molecule has 1 aromatic rings. The van der Waals surface area contributed by atoms with Gasteiger partial charge in [0.1, 0.15) is 4.99 Å². The number of aromatic nitrogens is 1. The Balaban J connectivity index is 2.73. The second kappa shape index (κ2) is 6.44. The topological polar surface area (TPSA) is 45.2 Å². The van der Waals surface area contributed by atoms with Gasteiger partial charge in [0, 0.05) is 30.0 Å². The SMILES string of the molecule is CC(C)N(C(=O)NC(=S)c1cccnc1)C(C)C. The van der Waals surface area contributed by atoms with Gasteiger partial charge in [0.15, 0.2) is 0 Å². The van der Waals surface area contributed by atoms with Crippen LogP contribution < -0.4 is 5.32 Å². The van der Waals surface area contributed by atoms with Gasteiger partial charge in [0.05, 0.1) is 0 Å². The van der Waals surface area contributed by atoms with Crippen LogP contribution in [0.1, 0.15) is 33.3 Å². The van der Waals surface area contributed by atoms with E-state index in [-0.39, 0.29) is 18.1 Å². The molecule has 0 saturated heterocycles. The first-order valence-electron chi connectivity index (χ1n) is 5.97. The van der Waals surface area contributed by atoms with E-state index in [0.29, 0.717) is 4.99 Å². The highest BCUT2D eigenvalue weighted by molar-refractivity contribution is 7.80. The van der Waals surface area contributed by atoms with Gasteiger partial charge in [0.25, 0.3) is 0 Å². The summed E-state index contributed by atoms with van der Waals surface area (Å²) in [6.07, 6.45) is 3.31. The summed E-state index contributed by atoms with van der Waals surface area (Å²) in [5, 5.41) is 2.74. The highest BCUT2D eigenvalue weighted by Gasteiger charge is 2.20. The molecule has 98 valence electrons. The summed E-state index contributed by atoms with van der Waals surface area (Å²) >= 11 is 5.19. The Bertz CT molecular complexity index is 410. The van der Waals surface area contributed by atoms with Crippen LogP contribution in [0.25, 0.3) is 0 Å². The maximum absolute atomic E-state index is 12.1. The molecule has 1 N–H and O–H groups in total. The predicted octanol–water partition coefficient (Wildman–Crippen LogP) is 2.59. The highest BCUT2D eigenvalue weighted by atomic mass is 32.1. The lowest BCUT2D eigenvalue weighted by Crippen LogP contribution is -2.49. The first kappa shape index (κ1) is 14.6. The van der Waals surface area contributed by atoms with E-state index in [9.17, 15) is 4.79 Å². The van der Waals surface area contributed by atoms with E-state index in [1.807, 2.05) is 33.8 Å². The number of carbonyl (C=O) groups is 1. The van der Waals surface area contributed by atoms with Crippen LogP contribution in [0.4, 0.5) is 4.79 Å². The molecule has 4 nitrogen and oxygen atoms in total. The van der Waals surface area contributed by atoms with Gasteiger partial charge in [-0.25, -0.2) is 4.79 Å². The van der Waals surface area contributed by atoms with Crippen LogP contribution in [-0.4, -0.2) is 33.0 Å². The van der Waals surface area contributed by atoms with Crippen LogP contribution in [-0.2, 0) is 0 Å². The zero-order valence-corrected chi connectivity index (χ0v) is 12.0. The summed E-state index contributed by atoms with van der Waals surface area (Å²) < 4.78 is 0. The van der Waals surface area contributed by atoms with Crippen molar-refractivity contribution in [2.45, 2.75) is 39.8 Å². The van der Waals surface area contributed by atoms with Crippen molar-refractivity contribution in [2.24, 2.45) is 0 Å². The first-order chi connectivity index (χ1) is 8.43. The number of urea groups is 1. The summed E-state index contributed by atoms with van der Waals surface area (Å²) in [7, 11) is 0. The summed E-state index contributed by atoms with van der Waals surface area (Å²) in [6, 6.07) is 3.69. The molecule has 0 aliphatic heterocycles. The van der Waals surface area contributed by atoms with Crippen molar-refractivity contribution < 1.29 is 4.79 Å². The lowest BCUT2D eigenvalue weighted by Gasteiger charge is -2.30. The van der Waals surface area contributed by atoms with Crippen molar-refractivity contribution in [1.29, 1.82) is 0 Å². The average Bonchev–Trinajstić information content (AvgIpc) is 2.28. The van der Waals surface area contributed by atoms with E-state index in [1.165, 1.54) is 0 Å². The molecule has 1 heterocycles. The van der Waals surface area contributed by atoms with Crippen molar-refractivity contribution in [3.05, 3.63) is 30.1 Å². The Hall–Kier alpha value is -1.49. The Morgan fingerprint density at radius 3 is 2.39 bits per heavy atom. The van der Waals surface area contributed by atoms with Crippen LogP contribution in [0, 0.1) is 0 Å². The summed E-state index contributed by atoms with van der Waals surface area (Å²) in [4.78, 5) is 18.2. The van der Waals surface area contributed by atoms with Gasteiger partial charge in [-0.2, -0.15) is 0 Å². The quantitative estimate of drug-likeness (QED) is 0.854. The number of pyridine rings is 1. The molecular weight excluding hydrogens is 246 g/mol. The van der Waals surface area contributed by atoms with Crippen molar-refractivity contribution in [1.82, 2.24) is 15.2 Å². The lowest BCUT2D eigenvalue weighted by atomic mass is 10.2. The third-order valence-electron chi connectivity index (χ3n) is 2.49. The molecule has 0 aliphatic carbocycles. The molecule has 0 unspecified atom stereocenters. The van der Waals surface area contributed by atoms with Crippen molar-refractivity contribution in [3.8, 4) is 0 Å². The molecule has 2 amide bonds. The molecule has 0 bridgehead atoms. The lowest BCUT2D eigenvalue weighted by molar-refractivity contribution is 0.170. The van der Waals surface area contributed by atoms with Crippen LogP contribution in [0.5, 0.6) is 0 Å². The number of nitrogens with one attached hydrogen (secondary N) is 1. The molecule has 0 fully saturated rings. The zero-order chi connectivity index (χ0) is 13.7. The van der Waals surface area contributed by atoms with E-state index < -0.39 is 0 Å². The van der Waals surface area contributed by atoms with Gasteiger partial charge in [0.2, 0.25) is 0 Å². The van der Waals surface area contributed by atoms with Gasteiger partial charge in [-0.15, -0.1) is 0 Å². The van der Waals surface area contributed by atoms with Gasteiger partial charge < -0.3 is 4.90 Å². The largest absolute Gasteiger partial charge is 0.322 e. The molecule has 0 aliphatic rings. The minimum absolute atomic E-state index is 0.127. The maximum Gasteiger partial charge on any atom is 0.322 e. The molecule has 5 heteroatoms. The number of hydrogen-bond acceptors (Lipinski definition) is 3. The van der Waals surface area contributed by atoms with Crippen LogP contribution in [0.2, 0.25) is 0 Å². The minimum atomic E-state index is -0.172. The zero-order valence-electron chi connectivity index (χ0n) is 11.2. The third-order valence-corrected chi connectivity index (χ3v) is 2.83. The fourth-order valence-corrected chi connectivity index (χ4v) is 2.00. The number of amides is 2.